The van der Waals surface area contributed by atoms with E-state index in [1.807, 2.05) is 13.8 Å². The van der Waals surface area contributed by atoms with Gasteiger partial charge in [-0.2, -0.15) is 0 Å². The molecule has 5 heteroatoms. The molecule has 1 fully saturated rings. The van der Waals surface area contributed by atoms with E-state index in [1.54, 1.807) is 12.1 Å². The lowest BCUT2D eigenvalue weighted by molar-refractivity contribution is -0.0721. The van der Waals surface area contributed by atoms with Crippen LogP contribution in [0.3, 0.4) is 0 Å². The third kappa shape index (κ3) is 4.10. The largest absolute Gasteiger partial charge is 0.389 e. The second kappa shape index (κ2) is 6.82. The predicted molar refractivity (Wildman–Crippen MR) is 87.5 cm³/mol. The maximum atomic E-state index is 14.0. The zero-order chi connectivity index (χ0) is 15.0. The molecule has 3 N–H and O–H groups in total. The lowest BCUT2D eigenvalue weighted by atomic mass is 9.65. The monoisotopic (exact) mass is 335 g/mol. The molecule has 21 heavy (non-hydrogen) atoms. The fourth-order valence-electron chi connectivity index (χ4n) is 3.51. The van der Waals surface area contributed by atoms with Gasteiger partial charge < -0.3 is 10.8 Å². The van der Waals surface area contributed by atoms with Crippen LogP contribution in [0, 0.1) is 11.7 Å². The van der Waals surface area contributed by atoms with Crippen LogP contribution >= 0.6 is 24.0 Å². The molecule has 1 aliphatic rings. The summed E-state index contributed by atoms with van der Waals surface area (Å²) >= 11 is 6.09. The number of hydrogen-bond donors (Lipinski definition) is 2. The number of nitrogens with two attached hydrogens (primary N) is 1. The first kappa shape index (κ1) is 18.7. The van der Waals surface area contributed by atoms with Crippen molar-refractivity contribution in [3.8, 4) is 0 Å². The molecular formula is C16H24Cl2FNO. The Morgan fingerprint density at radius 3 is 2.67 bits per heavy atom. The fraction of sp³-hybridized carbons (Fsp3) is 0.625. The third-order valence-electron chi connectivity index (χ3n) is 4.44. The van der Waals surface area contributed by atoms with Gasteiger partial charge in [0.15, 0.2) is 0 Å². The van der Waals surface area contributed by atoms with E-state index in [-0.39, 0.29) is 30.6 Å². The van der Waals surface area contributed by atoms with Gasteiger partial charge in [-0.15, -0.1) is 12.4 Å². The Morgan fingerprint density at radius 1 is 1.43 bits per heavy atom. The molecule has 1 saturated carbocycles. The highest BCUT2D eigenvalue weighted by Gasteiger charge is 2.45. The number of hydrogen-bond acceptors (Lipinski definition) is 2. The summed E-state index contributed by atoms with van der Waals surface area (Å²) in [7, 11) is 0. The first-order chi connectivity index (χ1) is 9.24. The Labute approximate surface area is 137 Å². The highest BCUT2D eigenvalue weighted by Crippen LogP contribution is 2.42. The summed E-state index contributed by atoms with van der Waals surface area (Å²) in [6.45, 7) is 3.85. The minimum absolute atomic E-state index is 0. The molecule has 2 rings (SSSR count). The maximum absolute atomic E-state index is 14.0. The number of halogens is 3. The quantitative estimate of drug-likeness (QED) is 0.873. The number of benzene rings is 1. The molecule has 0 heterocycles. The van der Waals surface area contributed by atoms with E-state index < -0.39 is 11.1 Å². The van der Waals surface area contributed by atoms with Crippen molar-refractivity contribution in [3.05, 3.63) is 34.6 Å². The molecule has 0 bridgehead atoms. The van der Waals surface area contributed by atoms with E-state index >= 15 is 0 Å². The number of rotatable bonds is 3. The van der Waals surface area contributed by atoms with Crippen LogP contribution in [0.4, 0.5) is 4.39 Å². The first-order valence-corrected chi connectivity index (χ1v) is 7.56. The summed E-state index contributed by atoms with van der Waals surface area (Å²) in [6, 6.07) is 4.63. The van der Waals surface area contributed by atoms with Crippen LogP contribution < -0.4 is 5.73 Å². The van der Waals surface area contributed by atoms with E-state index in [0.29, 0.717) is 17.0 Å². The van der Waals surface area contributed by atoms with Gasteiger partial charge in [-0.1, -0.05) is 30.5 Å². The van der Waals surface area contributed by atoms with Crippen molar-refractivity contribution in [1.82, 2.24) is 0 Å². The van der Waals surface area contributed by atoms with Crippen molar-refractivity contribution in [3.63, 3.8) is 0 Å². The van der Waals surface area contributed by atoms with Gasteiger partial charge in [0.1, 0.15) is 5.82 Å². The highest BCUT2D eigenvalue weighted by molar-refractivity contribution is 6.31. The Kier molecular flexibility index (Phi) is 6.08. The van der Waals surface area contributed by atoms with Crippen LogP contribution in [0.15, 0.2) is 18.2 Å². The SMILES string of the molecule is CC(C)(N)[C@@H]1CCCC[C@@]1(O)Cc1c(F)cccc1Cl.Cl. The lowest BCUT2D eigenvalue weighted by Crippen LogP contribution is -2.56. The zero-order valence-corrected chi connectivity index (χ0v) is 14.1. The third-order valence-corrected chi connectivity index (χ3v) is 4.80. The average molecular weight is 336 g/mol. The second-order valence-corrected chi connectivity index (χ2v) is 7.01. The molecule has 1 aromatic carbocycles. The Bertz CT molecular complexity index is 469. The van der Waals surface area contributed by atoms with E-state index in [2.05, 4.69) is 0 Å². The van der Waals surface area contributed by atoms with Crippen molar-refractivity contribution in [1.29, 1.82) is 0 Å². The van der Waals surface area contributed by atoms with Gasteiger partial charge in [0.05, 0.1) is 5.60 Å². The van der Waals surface area contributed by atoms with Crippen LogP contribution in [0.1, 0.15) is 45.1 Å². The highest BCUT2D eigenvalue weighted by atomic mass is 35.5. The molecular weight excluding hydrogens is 312 g/mol. The Morgan fingerprint density at radius 2 is 2.10 bits per heavy atom. The maximum Gasteiger partial charge on any atom is 0.127 e. The van der Waals surface area contributed by atoms with Crippen molar-refractivity contribution >= 4 is 24.0 Å². The molecule has 2 nitrogen and oxygen atoms in total. The summed E-state index contributed by atoms with van der Waals surface area (Å²) in [4.78, 5) is 0. The topological polar surface area (TPSA) is 46.2 Å². The van der Waals surface area contributed by atoms with Crippen LogP contribution in [-0.2, 0) is 6.42 Å². The standard InChI is InChI=1S/C16H23ClFNO.ClH/c1-15(2,19)14-8-3-4-9-16(14,20)10-11-12(17)6-5-7-13(11)18;/h5-7,14,20H,3-4,8-10,19H2,1-2H3;1H/t14-,16+;/m0./s1. The predicted octanol–water partition coefficient (Wildman–Crippen LogP) is 4.10. The van der Waals surface area contributed by atoms with Crippen molar-refractivity contribution in [2.45, 2.75) is 57.1 Å². The molecule has 120 valence electrons. The van der Waals surface area contributed by atoms with Crippen molar-refractivity contribution < 1.29 is 9.50 Å². The normalized spacial score (nSPS) is 26.3. The van der Waals surface area contributed by atoms with Crippen LogP contribution in [0.2, 0.25) is 5.02 Å². The van der Waals surface area contributed by atoms with Gasteiger partial charge in [0.25, 0.3) is 0 Å². The lowest BCUT2D eigenvalue weighted by Gasteiger charge is -2.47. The second-order valence-electron chi connectivity index (χ2n) is 6.60. The summed E-state index contributed by atoms with van der Waals surface area (Å²) in [5.41, 5.74) is 5.15. The molecule has 0 amide bonds. The van der Waals surface area contributed by atoms with Crippen molar-refractivity contribution in [2.24, 2.45) is 11.7 Å². The van der Waals surface area contributed by atoms with Gasteiger partial charge in [-0.3, -0.25) is 0 Å². The molecule has 0 aliphatic heterocycles. The average Bonchev–Trinajstić information content (AvgIpc) is 2.33. The van der Waals surface area contributed by atoms with Gasteiger partial charge in [-0.05, 0) is 38.8 Å². The van der Waals surface area contributed by atoms with E-state index in [1.165, 1.54) is 6.07 Å². The molecule has 1 aliphatic carbocycles. The Hall–Kier alpha value is -0.350. The van der Waals surface area contributed by atoms with Crippen LogP contribution in [0.5, 0.6) is 0 Å². The molecule has 0 unspecified atom stereocenters. The molecule has 0 radical (unpaired) electrons. The van der Waals surface area contributed by atoms with Gasteiger partial charge in [0.2, 0.25) is 0 Å². The minimum atomic E-state index is -0.984. The zero-order valence-electron chi connectivity index (χ0n) is 12.5. The molecule has 0 spiro atoms. The summed E-state index contributed by atoms with van der Waals surface area (Å²) < 4.78 is 14.0. The van der Waals surface area contributed by atoms with E-state index in [4.69, 9.17) is 17.3 Å². The molecule has 1 aromatic rings. The summed E-state index contributed by atoms with van der Waals surface area (Å²) in [6.07, 6.45) is 3.73. The van der Waals surface area contributed by atoms with Gasteiger partial charge in [0, 0.05) is 28.5 Å². The fourth-order valence-corrected chi connectivity index (χ4v) is 3.74. The van der Waals surface area contributed by atoms with E-state index in [0.717, 1.165) is 19.3 Å². The van der Waals surface area contributed by atoms with Gasteiger partial charge >= 0.3 is 0 Å². The molecule has 2 atom stereocenters. The van der Waals surface area contributed by atoms with Crippen molar-refractivity contribution in [2.75, 3.05) is 0 Å². The smallest absolute Gasteiger partial charge is 0.127 e. The minimum Gasteiger partial charge on any atom is -0.389 e. The van der Waals surface area contributed by atoms with E-state index in [9.17, 15) is 9.50 Å². The summed E-state index contributed by atoms with van der Waals surface area (Å²) in [5.74, 6) is -0.413. The molecule has 0 saturated heterocycles. The summed E-state index contributed by atoms with van der Waals surface area (Å²) in [5, 5.41) is 11.4. The first-order valence-electron chi connectivity index (χ1n) is 7.18. The van der Waals surface area contributed by atoms with Crippen LogP contribution in [-0.4, -0.2) is 16.2 Å². The van der Waals surface area contributed by atoms with Crippen LogP contribution in [0.25, 0.3) is 0 Å². The number of aliphatic hydroxyl groups is 1. The van der Waals surface area contributed by atoms with Gasteiger partial charge in [-0.25, -0.2) is 4.39 Å². The molecule has 0 aromatic heterocycles. The Balaban J connectivity index is 0.00000220.